The van der Waals surface area contributed by atoms with E-state index in [-0.39, 0.29) is 17.6 Å². The van der Waals surface area contributed by atoms with Gasteiger partial charge < -0.3 is 19.7 Å². The van der Waals surface area contributed by atoms with E-state index in [4.69, 9.17) is 0 Å². The van der Waals surface area contributed by atoms with Crippen LogP contribution in [0.3, 0.4) is 0 Å². The highest BCUT2D eigenvalue weighted by Crippen LogP contribution is 2.47. The molecule has 0 bridgehead atoms. The molecular weight excluding hydrogens is 306 g/mol. The van der Waals surface area contributed by atoms with E-state index in [0.717, 1.165) is 17.5 Å². The number of carbonyl (C=O) groups excluding carboxylic acids is 1. The van der Waals surface area contributed by atoms with Crippen molar-refractivity contribution in [3.8, 4) is 0 Å². The molecule has 0 saturated carbocycles. The Morgan fingerprint density at radius 3 is 2.95 bits per heavy atom. The number of rotatable bonds is 3. The number of aliphatic hydroxyl groups is 1. The van der Waals surface area contributed by atoms with Crippen LogP contribution in [-0.4, -0.2) is 54.4 Å². The summed E-state index contributed by atoms with van der Waals surface area (Å²) in [6, 6.07) is -0.266. The summed E-state index contributed by atoms with van der Waals surface area (Å²) >= 11 is 1.64. The van der Waals surface area contributed by atoms with Gasteiger partial charge in [0.25, 0.3) is 0 Å². The zero-order valence-electron chi connectivity index (χ0n) is 11.9. The number of carbonyl (C=O) groups is 2. The number of aryl methyl sites for hydroxylation is 1. The number of aliphatic carboxylic acids is 1. The predicted octanol–water partition coefficient (Wildman–Crippen LogP) is 0.396. The highest BCUT2D eigenvalue weighted by atomic mass is 32.2. The second kappa shape index (κ2) is 4.60. The fraction of sp³-hybridized carbons (Fsp3) is 0.500. The molecule has 1 fully saturated rings. The van der Waals surface area contributed by atoms with E-state index in [9.17, 15) is 19.8 Å². The minimum Gasteiger partial charge on any atom is -0.477 e. The molecule has 1 amide bonds. The Hall–Kier alpha value is -1.80. The van der Waals surface area contributed by atoms with Crippen LogP contribution in [0.15, 0.2) is 17.1 Å². The first-order valence-electron chi connectivity index (χ1n) is 7.17. The fourth-order valence-electron chi connectivity index (χ4n) is 3.55. The van der Waals surface area contributed by atoms with E-state index in [1.807, 2.05) is 10.8 Å². The first kappa shape index (κ1) is 13.8. The Labute approximate surface area is 130 Å². The van der Waals surface area contributed by atoms with Gasteiger partial charge in [0.2, 0.25) is 5.91 Å². The van der Waals surface area contributed by atoms with Gasteiger partial charge in [0.05, 0.1) is 23.8 Å². The Morgan fingerprint density at radius 2 is 2.32 bits per heavy atom. The molecule has 7 nitrogen and oxygen atoms in total. The second-order valence-electron chi connectivity index (χ2n) is 5.83. The number of aromatic nitrogens is 2. The number of imidazole rings is 1. The molecule has 4 heterocycles. The Morgan fingerprint density at radius 1 is 1.55 bits per heavy atom. The zero-order valence-corrected chi connectivity index (χ0v) is 12.7. The fourth-order valence-corrected chi connectivity index (χ4v) is 4.50. The van der Waals surface area contributed by atoms with Crippen LogP contribution in [0.25, 0.3) is 5.57 Å². The highest BCUT2D eigenvalue weighted by Gasteiger charge is 2.57. The predicted molar refractivity (Wildman–Crippen MR) is 77.9 cm³/mol. The standard InChI is InChI=1S/C14H15N3O4S/c1-6(18)10-9-4-7(11(13(20)21)17(9)12(10)19)8-5-16-2-3-22-14(16)15-8/h5-6,9-10,18H,2-4H2,1H3,(H,20,21)/t6-,9-,10-/m1/s1. The van der Waals surface area contributed by atoms with Crippen LogP contribution in [0.5, 0.6) is 0 Å². The summed E-state index contributed by atoms with van der Waals surface area (Å²) in [4.78, 5) is 29.6. The van der Waals surface area contributed by atoms with Crippen LogP contribution in [0.4, 0.5) is 0 Å². The highest BCUT2D eigenvalue weighted by molar-refractivity contribution is 7.99. The third-order valence-corrected chi connectivity index (χ3v) is 5.51. The van der Waals surface area contributed by atoms with Crippen LogP contribution in [-0.2, 0) is 16.1 Å². The lowest BCUT2D eigenvalue weighted by Gasteiger charge is -2.44. The Bertz CT molecular complexity index is 702. The lowest BCUT2D eigenvalue weighted by molar-refractivity contribution is -0.161. The monoisotopic (exact) mass is 321 g/mol. The molecule has 3 aliphatic rings. The van der Waals surface area contributed by atoms with Crippen LogP contribution in [0.2, 0.25) is 0 Å². The number of β-lactam (4-membered cyclic amide) rings is 1. The molecule has 1 aromatic heterocycles. The van der Waals surface area contributed by atoms with Gasteiger partial charge in [-0.15, -0.1) is 0 Å². The van der Waals surface area contributed by atoms with E-state index < -0.39 is 18.0 Å². The van der Waals surface area contributed by atoms with Crippen LogP contribution in [0, 0.1) is 5.92 Å². The van der Waals surface area contributed by atoms with Gasteiger partial charge in [-0.2, -0.15) is 0 Å². The number of carboxylic acid groups (broad SMARTS) is 1. The van der Waals surface area contributed by atoms with E-state index in [1.165, 1.54) is 4.90 Å². The lowest BCUT2D eigenvalue weighted by atomic mass is 9.83. The minimum atomic E-state index is -1.12. The van der Waals surface area contributed by atoms with Gasteiger partial charge in [-0.3, -0.25) is 4.79 Å². The third-order valence-electron chi connectivity index (χ3n) is 4.54. The molecule has 3 atom stereocenters. The average Bonchev–Trinajstić information content (AvgIpc) is 3.06. The summed E-state index contributed by atoms with van der Waals surface area (Å²) in [5, 5.41) is 20.1. The number of carboxylic acids is 1. The molecule has 0 spiro atoms. The van der Waals surface area contributed by atoms with Gasteiger partial charge >= 0.3 is 5.97 Å². The first-order valence-corrected chi connectivity index (χ1v) is 8.15. The van der Waals surface area contributed by atoms with Crippen molar-refractivity contribution in [2.45, 2.75) is 37.2 Å². The zero-order chi connectivity index (χ0) is 15.6. The van der Waals surface area contributed by atoms with Crippen molar-refractivity contribution in [1.29, 1.82) is 0 Å². The number of fused-ring (bicyclic) bond motifs is 2. The van der Waals surface area contributed by atoms with E-state index in [1.54, 1.807) is 18.7 Å². The van der Waals surface area contributed by atoms with Crippen LogP contribution >= 0.6 is 11.8 Å². The van der Waals surface area contributed by atoms with Crippen molar-refractivity contribution < 1.29 is 19.8 Å². The summed E-state index contributed by atoms with van der Waals surface area (Å²) in [6.07, 6.45) is 1.52. The smallest absolute Gasteiger partial charge is 0.352 e. The normalized spacial score (nSPS) is 27.7. The van der Waals surface area contributed by atoms with Crippen molar-refractivity contribution in [2.24, 2.45) is 5.92 Å². The maximum atomic E-state index is 12.2. The van der Waals surface area contributed by atoms with Gasteiger partial charge in [0, 0.05) is 24.1 Å². The Balaban J connectivity index is 1.75. The van der Waals surface area contributed by atoms with Gasteiger partial charge in [0.15, 0.2) is 5.16 Å². The maximum absolute atomic E-state index is 12.2. The van der Waals surface area contributed by atoms with Crippen molar-refractivity contribution in [2.75, 3.05) is 5.75 Å². The maximum Gasteiger partial charge on any atom is 0.352 e. The first-order chi connectivity index (χ1) is 10.5. The lowest BCUT2D eigenvalue weighted by Crippen LogP contribution is -2.61. The van der Waals surface area contributed by atoms with Crippen LogP contribution in [0.1, 0.15) is 19.0 Å². The summed E-state index contributed by atoms with van der Waals surface area (Å²) < 4.78 is 2.01. The molecule has 1 saturated heterocycles. The SMILES string of the molecule is C[C@@H](O)[C@H]1C(=O)N2C(C(=O)O)=C(c3cn4c(n3)SCC4)C[C@H]12. The summed E-state index contributed by atoms with van der Waals surface area (Å²) in [5.74, 6) is -0.968. The van der Waals surface area contributed by atoms with Gasteiger partial charge in [-0.05, 0) is 13.3 Å². The van der Waals surface area contributed by atoms with Gasteiger partial charge in [-0.25, -0.2) is 9.78 Å². The molecule has 1 aromatic rings. The second-order valence-corrected chi connectivity index (χ2v) is 6.89. The number of amides is 1. The van der Waals surface area contributed by atoms with E-state index in [2.05, 4.69) is 4.98 Å². The minimum absolute atomic E-state index is 0.0219. The van der Waals surface area contributed by atoms with E-state index in [0.29, 0.717) is 17.7 Å². The molecule has 4 rings (SSSR count). The number of hydrogen-bond acceptors (Lipinski definition) is 5. The van der Waals surface area contributed by atoms with Crippen molar-refractivity contribution in [1.82, 2.24) is 14.5 Å². The van der Waals surface area contributed by atoms with Crippen molar-refractivity contribution in [3.05, 3.63) is 17.6 Å². The van der Waals surface area contributed by atoms with Crippen molar-refractivity contribution in [3.63, 3.8) is 0 Å². The van der Waals surface area contributed by atoms with E-state index >= 15 is 0 Å². The largest absolute Gasteiger partial charge is 0.477 e. The van der Waals surface area contributed by atoms with Crippen LogP contribution < -0.4 is 0 Å². The molecule has 2 N–H and O–H groups in total. The number of hydrogen-bond donors (Lipinski definition) is 2. The Kier molecular flexibility index (Phi) is 2.89. The summed E-state index contributed by atoms with van der Waals surface area (Å²) in [6.45, 7) is 2.44. The molecule has 0 aliphatic carbocycles. The molecule has 0 unspecified atom stereocenters. The topological polar surface area (TPSA) is 95.7 Å². The quantitative estimate of drug-likeness (QED) is 0.782. The molecule has 8 heteroatoms. The number of nitrogens with zero attached hydrogens (tertiary/aromatic N) is 3. The number of aliphatic hydroxyl groups excluding tert-OH is 1. The molecule has 116 valence electrons. The van der Waals surface area contributed by atoms with Gasteiger partial charge in [0.1, 0.15) is 5.70 Å². The van der Waals surface area contributed by atoms with Crippen molar-refractivity contribution >= 4 is 29.2 Å². The average molecular weight is 321 g/mol. The molecule has 0 radical (unpaired) electrons. The molecule has 22 heavy (non-hydrogen) atoms. The third kappa shape index (κ3) is 1.70. The number of thioether (sulfide) groups is 1. The molecule has 3 aliphatic heterocycles. The summed E-state index contributed by atoms with van der Waals surface area (Å²) in [7, 11) is 0. The molecular formula is C14H15N3O4S. The van der Waals surface area contributed by atoms with Gasteiger partial charge in [-0.1, -0.05) is 11.8 Å². The molecule has 0 aromatic carbocycles. The summed E-state index contributed by atoms with van der Waals surface area (Å²) in [5.41, 5.74) is 1.25.